The molecule has 0 aliphatic carbocycles. The van der Waals surface area contributed by atoms with Gasteiger partial charge in [-0.2, -0.15) is 5.10 Å². The quantitative estimate of drug-likeness (QED) is 0.700. The number of ether oxygens (including phenoxy) is 2. The fourth-order valence-corrected chi connectivity index (χ4v) is 2.82. The number of anilines is 2. The standard InChI is InChI=1S/C19H18F2N4O3/c1-25-18(11-9-10(27-2)7-8-14(11)28-3)15(22)17(24-25)19(26)23-16-12(20)5-4-6-13(16)21/h4-9H,22H2,1-3H3,(H,23,26). The van der Waals surface area contributed by atoms with E-state index in [1.807, 2.05) is 0 Å². The Bertz CT molecular complexity index is 1030. The smallest absolute Gasteiger partial charge is 0.278 e. The highest BCUT2D eigenvalue weighted by molar-refractivity contribution is 6.08. The molecule has 2 aromatic carbocycles. The van der Waals surface area contributed by atoms with E-state index in [0.29, 0.717) is 22.8 Å². The van der Waals surface area contributed by atoms with E-state index in [1.54, 1.807) is 25.2 Å². The number of aryl methyl sites for hydroxylation is 1. The van der Waals surface area contributed by atoms with Gasteiger partial charge < -0.3 is 20.5 Å². The molecule has 3 aromatic rings. The molecule has 7 nitrogen and oxygen atoms in total. The summed E-state index contributed by atoms with van der Waals surface area (Å²) in [6.45, 7) is 0. The van der Waals surface area contributed by atoms with E-state index >= 15 is 0 Å². The number of carbonyl (C=O) groups is 1. The predicted octanol–water partition coefficient (Wildman–Crippen LogP) is 3.22. The van der Waals surface area contributed by atoms with Crippen molar-refractivity contribution in [2.45, 2.75) is 0 Å². The zero-order valence-electron chi connectivity index (χ0n) is 15.4. The molecule has 0 radical (unpaired) electrons. The molecule has 0 bridgehead atoms. The van der Waals surface area contributed by atoms with Crippen molar-refractivity contribution in [2.75, 3.05) is 25.3 Å². The van der Waals surface area contributed by atoms with Gasteiger partial charge in [-0.25, -0.2) is 8.78 Å². The van der Waals surface area contributed by atoms with E-state index in [-0.39, 0.29) is 11.4 Å². The van der Waals surface area contributed by atoms with Gasteiger partial charge in [0.1, 0.15) is 28.8 Å². The monoisotopic (exact) mass is 388 g/mol. The number of rotatable bonds is 5. The normalized spacial score (nSPS) is 10.6. The minimum Gasteiger partial charge on any atom is -0.497 e. The molecule has 0 spiro atoms. The lowest BCUT2D eigenvalue weighted by molar-refractivity contribution is 0.102. The van der Waals surface area contributed by atoms with Crippen LogP contribution in [0.1, 0.15) is 10.5 Å². The number of para-hydroxylation sites is 1. The maximum atomic E-state index is 13.8. The number of halogens is 2. The van der Waals surface area contributed by atoms with Gasteiger partial charge in [-0.3, -0.25) is 9.48 Å². The van der Waals surface area contributed by atoms with Crippen LogP contribution in [0.25, 0.3) is 11.3 Å². The van der Waals surface area contributed by atoms with Crippen LogP contribution in [0, 0.1) is 11.6 Å². The van der Waals surface area contributed by atoms with E-state index in [4.69, 9.17) is 15.2 Å². The number of benzene rings is 2. The van der Waals surface area contributed by atoms with Gasteiger partial charge in [0.15, 0.2) is 5.69 Å². The Morgan fingerprint density at radius 3 is 2.43 bits per heavy atom. The zero-order chi connectivity index (χ0) is 20.4. The van der Waals surface area contributed by atoms with Gasteiger partial charge in [-0.15, -0.1) is 0 Å². The largest absolute Gasteiger partial charge is 0.497 e. The zero-order valence-corrected chi connectivity index (χ0v) is 15.4. The van der Waals surface area contributed by atoms with Crippen LogP contribution in [0.15, 0.2) is 36.4 Å². The summed E-state index contributed by atoms with van der Waals surface area (Å²) in [7, 11) is 4.59. The summed E-state index contributed by atoms with van der Waals surface area (Å²) in [6.07, 6.45) is 0. The topological polar surface area (TPSA) is 91.4 Å². The van der Waals surface area contributed by atoms with Crippen LogP contribution in [0.5, 0.6) is 11.5 Å². The molecule has 0 fully saturated rings. The van der Waals surface area contributed by atoms with Crippen molar-refractivity contribution < 1.29 is 23.0 Å². The summed E-state index contributed by atoms with van der Waals surface area (Å²) < 4.78 is 39.6. The first-order valence-corrected chi connectivity index (χ1v) is 8.17. The predicted molar refractivity (Wildman–Crippen MR) is 100 cm³/mol. The number of nitrogens with two attached hydrogens (primary N) is 1. The van der Waals surface area contributed by atoms with Crippen LogP contribution in [-0.2, 0) is 7.05 Å². The number of nitrogens with zero attached hydrogens (tertiary/aromatic N) is 2. The lowest BCUT2D eigenvalue weighted by Crippen LogP contribution is -2.16. The Balaban J connectivity index is 2.04. The minimum atomic E-state index is -0.905. The Labute approximate surface area is 159 Å². The summed E-state index contributed by atoms with van der Waals surface area (Å²) in [5.41, 5.74) is 6.38. The van der Waals surface area contributed by atoms with Crippen molar-refractivity contribution in [3.63, 3.8) is 0 Å². The van der Waals surface area contributed by atoms with Crippen LogP contribution >= 0.6 is 0 Å². The Kier molecular flexibility index (Phi) is 5.16. The molecule has 3 rings (SSSR count). The molecule has 3 N–H and O–H groups in total. The highest BCUT2D eigenvalue weighted by Gasteiger charge is 2.24. The van der Waals surface area contributed by atoms with Crippen LogP contribution in [-0.4, -0.2) is 29.9 Å². The summed E-state index contributed by atoms with van der Waals surface area (Å²) in [4.78, 5) is 12.6. The van der Waals surface area contributed by atoms with E-state index < -0.39 is 23.2 Å². The molecule has 0 aliphatic rings. The second kappa shape index (κ2) is 7.55. The maximum absolute atomic E-state index is 13.8. The van der Waals surface area contributed by atoms with E-state index in [9.17, 15) is 13.6 Å². The number of nitrogens with one attached hydrogen (secondary N) is 1. The second-order valence-corrected chi connectivity index (χ2v) is 5.85. The number of carbonyl (C=O) groups excluding carboxylic acids is 1. The lowest BCUT2D eigenvalue weighted by atomic mass is 10.1. The molecular weight excluding hydrogens is 370 g/mol. The first-order chi connectivity index (χ1) is 13.4. The van der Waals surface area contributed by atoms with Gasteiger partial charge >= 0.3 is 0 Å². The molecule has 1 amide bonds. The van der Waals surface area contributed by atoms with Crippen molar-refractivity contribution in [3.05, 3.63) is 53.7 Å². The first-order valence-electron chi connectivity index (χ1n) is 8.17. The fraction of sp³-hybridized carbons (Fsp3) is 0.158. The van der Waals surface area contributed by atoms with Crippen molar-refractivity contribution in [1.82, 2.24) is 9.78 Å². The number of hydrogen-bond acceptors (Lipinski definition) is 5. The highest BCUT2D eigenvalue weighted by Crippen LogP contribution is 2.37. The van der Waals surface area contributed by atoms with Crippen molar-refractivity contribution in [1.29, 1.82) is 0 Å². The van der Waals surface area contributed by atoms with Crippen LogP contribution in [0.4, 0.5) is 20.2 Å². The lowest BCUT2D eigenvalue weighted by Gasteiger charge is -2.11. The molecule has 28 heavy (non-hydrogen) atoms. The molecule has 0 saturated heterocycles. The second-order valence-electron chi connectivity index (χ2n) is 5.85. The van der Waals surface area contributed by atoms with Crippen LogP contribution in [0.2, 0.25) is 0 Å². The van der Waals surface area contributed by atoms with Crippen molar-refractivity contribution in [2.24, 2.45) is 7.05 Å². The van der Waals surface area contributed by atoms with E-state index in [0.717, 1.165) is 12.1 Å². The highest BCUT2D eigenvalue weighted by atomic mass is 19.1. The molecule has 0 unspecified atom stereocenters. The fourth-order valence-electron chi connectivity index (χ4n) is 2.82. The third-order valence-corrected chi connectivity index (χ3v) is 4.16. The van der Waals surface area contributed by atoms with Crippen LogP contribution in [0.3, 0.4) is 0 Å². The maximum Gasteiger partial charge on any atom is 0.278 e. The number of amides is 1. The average molecular weight is 388 g/mol. The SMILES string of the molecule is COc1ccc(OC)c(-c2c(N)c(C(=O)Nc3c(F)cccc3F)nn2C)c1. The average Bonchev–Trinajstić information content (AvgIpc) is 2.98. The molecule has 0 aliphatic heterocycles. The van der Waals surface area contributed by atoms with Gasteiger partial charge in [0, 0.05) is 12.6 Å². The number of aromatic nitrogens is 2. The molecule has 146 valence electrons. The number of hydrogen-bond donors (Lipinski definition) is 2. The van der Waals surface area contributed by atoms with E-state index in [1.165, 1.54) is 25.0 Å². The van der Waals surface area contributed by atoms with Gasteiger partial charge in [0.25, 0.3) is 5.91 Å². The van der Waals surface area contributed by atoms with Crippen molar-refractivity contribution >= 4 is 17.3 Å². The summed E-state index contributed by atoms with van der Waals surface area (Å²) in [5.74, 6) is -1.61. The minimum absolute atomic E-state index is 0.0308. The molecule has 1 aromatic heterocycles. The van der Waals surface area contributed by atoms with E-state index in [2.05, 4.69) is 10.4 Å². The number of methoxy groups -OCH3 is 2. The Hall–Kier alpha value is -3.62. The van der Waals surface area contributed by atoms with Gasteiger partial charge in [-0.05, 0) is 30.3 Å². The third-order valence-electron chi connectivity index (χ3n) is 4.16. The first kappa shape index (κ1) is 19.2. The summed E-state index contributed by atoms with van der Waals surface area (Å²) in [6, 6.07) is 8.35. The van der Waals surface area contributed by atoms with Crippen molar-refractivity contribution in [3.8, 4) is 22.8 Å². The van der Waals surface area contributed by atoms with Gasteiger partial charge in [0.2, 0.25) is 0 Å². The van der Waals surface area contributed by atoms with Gasteiger partial charge in [-0.1, -0.05) is 6.07 Å². The number of nitrogen functional groups attached to an aromatic ring is 1. The molecule has 1 heterocycles. The Morgan fingerprint density at radius 1 is 1.14 bits per heavy atom. The molecule has 9 heteroatoms. The summed E-state index contributed by atoms with van der Waals surface area (Å²) >= 11 is 0. The molecule has 0 saturated carbocycles. The van der Waals surface area contributed by atoms with Crippen LogP contribution < -0.4 is 20.5 Å². The van der Waals surface area contributed by atoms with Gasteiger partial charge in [0.05, 0.1) is 25.6 Å². The molecule has 0 atom stereocenters. The Morgan fingerprint density at radius 2 is 1.82 bits per heavy atom. The third kappa shape index (κ3) is 3.34. The summed E-state index contributed by atoms with van der Waals surface area (Å²) in [5, 5.41) is 6.29. The molecular formula is C19H18F2N4O3.